The van der Waals surface area contributed by atoms with E-state index < -0.39 is 5.82 Å². The molecule has 0 heterocycles. The van der Waals surface area contributed by atoms with Crippen LogP contribution in [-0.4, -0.2) is 0 Å². The van der Waals surface area contributed by atoms with Gasteiger partial charge in [-0.3, -0.25) is 0 Å². The maximum atomic E-state index is 12.7. The highest BCUT2D eigenvalue weighted by Crippen LogP contribution is 2.22. The second kappa shape index (κ2) is 4.38. The summed E-state index contributed by atoms with van der Waals surface area (Å²) in [7, 11) is 0. The molecule has 0 aliphatic rings. The van der Waals surface area contributed by atoms with E-state index in [9.17, 15) is 4.39 Å². The second-order valence-electron chi connectivity index (χ2n) is 1.67. The summed E-state index contributed by atoms with van der Waals surface area (Å²) in [6.45, 7) is 0. The van der Waals surface area contributed by atoms with Crippen LogP contribution in [0.15, 0.2) is 18.2 Å². The van der Waals surface area contributed by atoms with Gasteiger partial charge in [-0.15, -0.1) is 12.4 Å². The average Bonchev–Trinajstić information content (AvgIpc) is 1.95. The molecule has 0 aromatic heterocycles. The zero-order chi connectivity index (χ0) is 7.56. The Morgan fingerprint density at radius 3 is 2.55 bits per heavy atom. The third kappa shape index (κ3) is 2.22. The maximum Gasteiger partial charge on any atom is 0.186 e. The molecule has 0 radical (unpaired) electrons. The molecule has 0 atom stereocenters. The predicted molar refractivity (Wildman–Crippen MR) is 43.5 cm³/mol. The van der Waals surface area contributed by atoms with Crippen molar-refractivity contribution >= 4 is 24.0 Å². The first-order valence-corrected chi connectivity index (χ1v) is 2.94. The fourth-order valence-electron chi connectivity index (χ4n) is 0.575. The van der Waals surface area contributed by atoms with Crippen LogP contribution in [0, 0.1) is 5.82 Å². The monoisotopic (exact) mass is 197 g/mol. The summed E-state index contributed by atoms with van der Waals surface area (Å²) in [5, 5.41) is 0.00273. The van der Waals surface area contributed by atoms with E-state index in [1.165, 1.54) is 12.1 Å². The largest absolute Gasteiger partial charge is 0.408 e. The molecule has 0 saturated heterocycles. The first-order chi connectivity index (χ1) is 4.75. The first kappa shape index (κ1) is 10.5. The molecule has 1 aromatic rings. The molecule has 0 bridgehead atoms. The minimum atomic E-state index is -0.633. The number of benzene rings is 1. The molecule has 0 spiro atoms. The highest BCUT2D eigenvalue weighted by molar-refractivity contribution is 6.30. The van der Waals surface area contributed by atoms with Crippen LogP contribution >= 0.6 is 24.0 Å². The summed E-state index contributed by atoms with van der Waals surface area (Å²) in [6.07, 6.45) is 0. The number of rotatable bonds is 1. The molecule has 0 saturated carbocycles. The first-order valence-electron chi connectivity index (χ1n) is 2.56. The molecule has 2 N–H and O–H groups in total. The van der Waals surface area contributed by atoms with Crippen LogP contribution in [0.4, 0.5) is 4.39 Å². The zero-order valence-corrected chi connectivity index (χ0v) is 6.95. The SMILES string of the molecule is Cl.NOc1cccc(Cl)c1F. The molecule has 1 rings (SSSR count). The van der Waals surface area contributed by atoms with Gasteiger partial charge in [-0.1, -0.05) is 17.7 Å². The average molecular weight is 198 g/mol. The Bertz CT molecular complexity index is 244. The molecule has 0 amide bonds. The molecular weight excluding hydrogens is 192 g/mol. The van der Waals surface area contributed by atoms with Gasteiger partial charge in [-0.2, -0.15) is 5.90 Å². The summed E-state index contributed by atoms with van der Waals surface area (Å²) in [6, 6.07) is 4.36. The summed E-state index contributed by atoms with van der Waals surface area (Å²) in [4.78, 5) is 4.17. The second-order valence-corrected chi connectivity index (χ2v) is 2.08. The molecule has 2 nitrogen and oxygen atoms in total. The quantitative estimate of drug-likeness (QED) is 0.701. The Morgan fingerprint density at radius 1 is 1.45 bits per heavy atom. The van der Waals surface area contributed by atoms with Crippen molar-refractivity contribution in [3.63, 3.8) is 0 Å². The minimum Gasteiger partial charge on any atom is -0.408 e. The number of hydrogen-bond acceptors (Lipinski definition) is 2. The Labute approximate surface area is 74.5 Å². The lowest BCUT2D eigenvalue weighted by atomic mass is 10.3. The molecule has 62 valence electrons. The van der Waals surface area contributed by atoms with Crippen molar-refractivity contribution in [2.75, 3.05) is 0 Å². The highest BCUT2D eigenvalue weighted by Gasteiger charge is 2.04. The standard InChI is InChI=1S/C6H5ClFNO.ClH/c7-4-2-1-3-5(10-9)6(4)8;/h1-3H,9H2;1H. The van der Waals surface area contributed by atoms with Crippen LogP contribution in [0.25, 0.3) is 0 Å². The predicted octanol–water partition coefficient (Wildman–Crippen LogP) is 2.15. The van der Waals surface area contributed by atoms with Gasteiger partial charge in [-0.25, -0.2) is 4.39 Å². The molecule has 0 unspecified atom stereocenters. The van der Waals surface area contributed by atoms with Gasteiger partial charge < -0.3 is 4.84 Å². The number of hydrogen-bond donors (Lipinski definition) is 1. The third-order valence-electron chi connectivity index (χ3n) is 1.04. The van der Waals surface area contributed by atoms with E-state index in [2.05, 4.69) is 4.84 Å². The van der Waals surface area contributed by atoms with Crippen LogP contribution in [0.3, 0.4) is 0 Å². The van der Waals surface area contributed by atoms with E-state index in [1.807, 2.05) is 0 Å². The normalized spacial score (nSPS) is 8.64. The zero-order valence-electron chi connectivity index (χ0n) is 5.38. The van der Waals surface area contributed by atoms with Crippen molar-refractivity contribution in [2.45, 2.75) is 0 Å². The van der Waals surface area contributed by atoms with Gasteiger partial charge in [0.2, 0.25) is 0 Å². The summed E-state index contributed by atoms with van der Waals surface area (Å²) in [5.41, 5.74) is 0. The lowest BCUT2D eigenvalue weighted by Gasteiger charge is -1.99. The van der Waals surface area contributed by atoms with Crippen LogP contribution < -0.4 is 10.7 Å². The van der Waals surface area contributed by atoms with Crippen molar-refractivity contribution in [3.8, 4) is 5.75 Å². The number of nitrogens with two attached hydrogens (primary N) is 1. The van der Waals surface area contributed by atoms with Crippen molar-refractivity contribution in [1.29, 1.82) is 0 Å². The van der Waals surface area contributed by atoms with Gasteiger partial charge in [0.1, 0.15) is 0 Å². The smallest absolute Gasteiger partial charge is 0.186 e. The fraction of sp³-hybridized carbons (Fsp3) is 0. The van der Waals surface area contributed by atoms with Crippen molar-refractivity contribution in [3.05, 3.63) is 29.0 Å². The minimum absolute atomic E-state index is 0. The van der Waals surface area contributed by atoms with Gasteiger partial charge in [0, 0.05) is 0 Å². The van der Waals surface area contributed by atoms with Gasteiger partial charge in [0.05, 0.1) is 5.02 Å². The topological polar surface area (TPSA) is 35.2 Å². The fourth-order valence-corrected chi connectivity index (χ4v) is 0.741. The Kier molecular flexibility index (Phi) is 4.18. The Balaban J connectivity index is 0.000001000. The van der Waals surface area contributed by atoms with E-state index in [0.29, 0.717) is 0 Å². The van der Waals surface area contributed by atoms with Crippen molar-refractivity contribution in [2.24, 2.45) is 5.90 Å². The lowest BCUT2D eigenvalue weighted by Crippen LogP contribution is -2.03. The van der Waals surface area contributed by atoms with Crippen LogP contribution in [0.2, 0.25) is 5.02 Å². The molecule has 1 aromatic carbocycles. The summed E-state index contributed by atoms with van der Waals surface area (Å²) >= 11 is 5.38. The molecule has 11 heavy (non-hydrogen) atoms. The van der Waals surface area contributed by atoms with E-state index in [4.69, 9.17) is 17.5 Å². The molecule has 5 heteroatoms. The lowest BCUT2D eigenvalue weighted by molar-refractivity contribution is 0.316. The van der Waals surface area contributed by atoms with Gasteiger partial charge >= 0.3 is 0 Å². The van der Waals surface area contributed by atoms with Gasteiger partial charge in [0.25, 0.3) is 0 Å². The maximum absolute atomic E-state index is 12.7. The number of halogens is 3. The Hall–Kier alpha value is -0.510. The van der Waals surface area contributed by atoms with Gasteiger partial charge in [-0.05, 0) is 12.1 Å². The summed E-state index contributed by atoms with van der Waals surface area (Å²) in [5.74, 6) is 4.04. The van der Waals surface area contributed by atoms with Crippen molar-refractivity contribution < 1.29 is 9.23 Å². The highest BCUT2D eigenvalue weighted by atomic mass is 35.5. The molecular formula is C6H6Cl2FNO. The molecule has 0 aliphatic carbocycles. The van der Waals surface area contributed by atoms with Crippen LogP contribution in [0.1, 0.15) is 0 Å². The van der Waals surface area contributed by atoms with E-state index in [0.717, 1.165) is 0 Å². The van der Waals surface area contributed by atoms with E-state index in [-0.39, 0.29) is 23.2 Å². The van der Waals surface area contributed by atoms with Crippen LogP contribution in [-0.2, 0) is 0 Å². The van der Waals surface area contributed by atoms with E-state index in [1.54, 1.807) is 6.07 Å². The van der Waals surface area contributed by atoms with Gasteiger partial charge in [0.15, 0.2) is 11.6 Å². The molecule has 0 aliphatic heterocycles. The third-order valence-corrected chi connectivity index (χ3v) is 1.34. The van der Waals surface area contributed by atoms with Crippen molar-refractivity contribution in [1.82, 2.24) is 0 Å². The van der Waals surface area contributed by atoms with E-state index >= 15 is 0 Å². The molecule has 0 fully saturated rings. The Morgan fingerprint density at radius 2 is 2.09 bits per heavy atom. The summed E-state index contributed by atoms with van der Waals surface area (Å²) < 4.78 is 12.7. The van der Waals surface area contributed by atoms with Crippen LogP contribution in [0.5, 0.6) is 5.75 Å².